The molecule has 1 saturated heterocycles. The monoisotopic (exact) mass is 354 g/mol. The highest BCUT2D eigenvalue weighted by Gasteiger charge is 2.36. The highest BCUT2D eigenvalue weighted by atomic mass is 16.3. The van der Waals surface area contributed by atoms with Crippen molar-refractivity contribution in [2.45, 2.75) is 13.0 Å². The predicted octanol–water partition coefficient (Wildman–Crippen LogP) is 1.05. The number of aromatic hydroxyl groups is 1. The first kappa shape index (κ1) is 16.6. The molecule has 0 unspecified atom stereocenters. The predicted molar refractivity (Wildman–Crippen MR) is 96.7 cm³/mol. The van der Waals surface area contributed by atoms with Crippen LogP contribution in [0, 0.1) is 0 Å². The van der Waals surface area contributed by atoms with Gasteiger partial charge in [-0.05, 0) is 31.7 Å². The highest BCUT2D eigenvalue weighted by molar-refractivity contribution is 5.96. The molecule has 2 aromatic rings. The van der Waals surface area contributed by atoms with E-state index in [-0.39, 0.29) is 17.7 Å². The standard InChI is InChI=1S/C18H22N6O2/c1-12-15(17(26)23-9-7-22(2)8-10-23)16(13-3-5-14(25)6-4-13)24-18(21-12)19-11-20-24/h3-6,11,16,25H,7-10H2,1-2H3,(H,19,20,21)/t16-/m0/s1. The van der Waals surface area contributed by atoms with Crippen LogP contribution in [-0.4, -0.2) is 68.8 Å². The Hall–Kier alpha value is -2.87. The maximum Gasteiger partial charge on any atom is 0.254 e. The van der Waals surface area contributed by atoms with Gasteiger partial charge in [-0.25, -0.2) is 4.68 Å². The summed E-state index contributed by atoms with van der Waals surface area (Å²) in [5.74, 6) is 0.812. The topological polar surface area (TPSA) is 86.5 Å². The largest absolute Gasteiger partial charge is 0.508 e. The van der Waals surface area contributed by atoms with Crippen LogP contribution in [0.2, 0.25) is 0 Å². The van der Waals surface area contributed by atoms with Gasteiger partial charge in [-0.1, -0.05) is 12.1 Å². The molecule has 8 nitrogen and oxygen atoms in total. The van der Waals surface area contributed by atoms with E-state index in [1.54, 1.807) is 16.8 Å². The first-order valence-corrected chi connectivity index (χ1v) is 8.68. The molecule has 1 aromatic heterocycles. The molecular weight excluding hydrogens is 332 g/mol. The molecule has 0 saturated carbocycles. The molecule has 2 aliphatic rings. The molecule has 1 fully saturated rings. The number of allylic oxidation sites excluding steroid dienone is 1. The van der Waals surface area contributed by atoms with Crippen molar-refractivity contribution in [3.05, 3.63) is 47.4 Å². The summed E-state index contributed by atoms with van der Waals surface area (Å²) in [6.45, 7) is 5.04. The molecule has 0 aliphatic carbocycles. The number of nitrogens with zero attached hydrogens (tertiary/aromatic N) is 5. The highest BCUT2D eigenvalue weighted by Crippen LogP contribution is 2.36. The number of phenolic OH excluding ortho intramolecular Hbond substituents is 1. The number of aromatic nitrogens is 3. The van der Waals surface area contributed by atoms with Gasteiger partial charge in [0.15, 0.2) is 0 Å². The third kappa shape index (κ3) is 2.82. The van der Waals surface area contributed by atoms with E-state index in [4.69, 9.17) is 0 Å². The molecule has 8 heteroatoms. The van der Waals surface area contributed by atoms with Gasteiger partial charge in [-0.2, -0.15) is 10.1 Å². The summed E-state index contributed by atoms with van der Waals surface area (Å²) >= 11 is 0. The lowest BCUT2D eigenvalue weighted by Crippen LogP contribution is -2.49. The number of amides is 1. The number of likely N-dealkylation sites (N-methyl/N-ethyl adjacent to an activating group) is 1. The Morgan fingerprint density at radius 1 is 1.19 bits per heavy atom. The van der Waals surface area contributed by atoms with Crippen molar-refractivity contribution >= 4 is 11.9 Å². The number of rotatable bonds is 2. The Bertz CT molecular complexity index is 849. The summed E-state index contributed by atoms with van der Waals surface area (Å²) in [6, 6.07) is 6.52. The van der Waals surface area contributed by atoms with Crippen LogP contribution in [0.5, 0.6) is 5.75 Å². The normalized spacial score (nSPS) is 20.7. The summed E-state index contributed by atoms with van der Waals surface area (Å²) in [6.07, 6.45) is 1.48. The molecule has 2 aliphatic heterocycles. The van der Waals surface area contributed by atoms with Gasteiger partial charge in [0.2, 0.25) is 5.95 Å². The molecule has 4 rings (SSSR count). The van der Waals surface area contributed by atoms with E-state index in [0.29, 0.717) is 24.6 Å². The van der Waals surface area contributed by atoms with E-state index < -0.39 is 0 Å². The van der Waals surface area contributed by atoms with Crippen molar-refractivity contribution in [1.29, 1.82) is 0 Å². The molecule has 136 valence electrons. The number of phenols is 1. The van der Waals surface area contributed by atoms with E-state index in [2.05, 4.69) is 27.3 Å². The molecule has 0 spiro atoms. The summed E-state index contributed by atoms with van der Waals surface area (Å²) in [5.41, 5.74) is 2.33. The summed E-state index contributed by atoms with van der Waals surface area (Å²) in [7, 11) is 2.06. The number of carbonyl (C=O) groups excluding carboxylic acids is 1. The van der Waals surface area contributed by atoms with Crippen LogP contribution in [0.1, 0.15) is 18.5 Å². The quantitative estimate of drug-likeness (QED) is 0.838. The average molecular weight is 354 g/mol. The molecule has 1 aromatic carbocycles. The van der Waals surface area contributed by atoms with Crippen LogP contribution in [0.3, 0.4) is 0 Å². The summed E-state index contributed by atoms with van der Waals surface area (Å²) in [5, 5.41) is 17.1. The fourth-order valence-corrected chi connectivity index (χ4v) is 3.51. The number of nitrogens with one attached hydrogen (secondary N) is 1. The summed E-state index contributed by atoms with van der Waals surface area (Å²) < 4.78 is 1.72. The fourth-order valence-electron chi connectivity index (χ4n) is 3.51. The Kier molecular flexibility index (Phi) is 4.12. The Morgan fingerprint density at radius 2 is 1.88 bits per heavy atom. The Balaban J connectivity index is 1.75. The van der Waals surface area contributed by atoms with Crippen molar-refractivity contribution in [1.82, 2.24) is 24.6 Å². The van der Waals surface area contributed by atoms with Crippen molar-refractivity contribution in [3.63, 3.8) is 0 Å². The van der Waals surface area contributed by atoms with Crippen LogP contribution >= 0.6 is 0 Å². The molecule has 26 heavy (non-hydrogen) atoms. The minimum Gasteiger partial charge on any atom is -0.508 e. The van der Waals surface area contributed by atoms with Crippen LogP contribution in [0.4, 0.5) is 5.95 Å². The van der Waals surface area contributed by atoms with Gasteiger partial charge < -0.3 is 20.2 Å². The van der Waals surface area contributed by atoms with Crippen LogP contribution in [-0.2, 0) is 4.79 Å². The lowest BCUT2D eigenvalue weighted by molar-refractivity contribution is -0.129. The molecule has 0 bridgehead atoms. The minimum atomic E-state index is -0.374. The molecule has 1 atom stereocenters. The van der Waals surface area contributed by atoms with E-state index in [1.165, 1.54) is 6.33 Å². The molecule has 3 heterocycles. The zero-order chi connectivity index (χ0) is 18.3. The first-order valence-electron chi connectivity index (χ1n) is 8.68. The number of piperazine rings is 1. The van der Waals surface area contributed by atoms with Gasteiger partial charge in [0.05, 0.1) is 5.57 Å². The number of hydrogen-bond acceptors (Lipinski definition) is 6. The molecule has 0 radical (unpaired) electrons. The number of hydrogen-bond donors (Lipinski definition) is 2. The van der Waals surface area contributed by atoms with Gasteiger partial charge >= 0.3 is 0 Å². The van der Waals surface area contributed by atoms with Crippen LogP contribution < -0.4 is 5.32 Å². The maximum absolute atomic E-state index is 13.4. The smallest absolute Gasteiger partial charge is 0.254 e. The number of fused-ring (bicyclic) bond motifs is 1. The van der Waals surface area contributed by atoms with E-state index in [1.807, 2.05) is 24.0 Å². The fraction of sp³-hybridized carbons (Fsp3) is 0.389. The van der Waals surface area contributed by atoms with Crippen molar-refractivity contribution in [2.75, 3.05) is 38.5 Å². The van der Waals surface area contributed by atoms with Gasteiger partial charge in [-0.3, -0.25) is 4.79 Å². The van der Waals surface area contributed by atoms with Crippen molar-refractivity contribution in [2.24, 2.45) is 0 Å². The zero-order valence-electron chi connectivity index (χ0n) is 14.9. The number of anilines is 1. The zero-order valence-corrected chi connectivity index (χ0v) is 14.9. The third-order valence-corrected chi connectivity index (χ3v) is 5.02. The Morgan fingerprint density at radius 3 is 2.58 bits per heavy atom. The van der Waals surface area contributed by atoms with Gasteiger partial charge in [0, 0.05) is 31.9 Å². The summed E-state index contributed by atoms with van der Waals surface area (Å²) in [4.78, 5) is 21.7. The van der Waals surface area contributed by atoms with Gasteiger partial charge in [0.25, 0.3) is 5.91 Å². The second-order valence-electron chi connectivity index (χ2n) is 6.78. The van der Waals surface area contributed by atoms with Crippen molar-refractivity contribution in [3.8, 4) is 5.75 Å². The lowest BCUT2D eigenvalue weighted by atomic mass is 9.94. The van der Waals surface area contributed by atoms with Gasteiger partial charge in [-0.15, -0.1) is 0 Å². The SMILES string of the molecule is CC1=C(C(=O)N2CCN(C)CC2)[C@H](c2ccc(O)cc2)n2ncnc2N1. The van der Waals surface area contributed by atoms with Crippen molar-refractivity contribution < 1.29 is 9.90 Å². The number of benzene rings is 1. The number of carbonyl (C=O) groups is 1. The van der Waals surface area contributed by atoms with E-state index >= 15 is 0 Å². The minimum absolute atomic E-state index is 0.0160. The second-order valence-corrected chi connectivity index (χ2v) is 6.78. The van der Waals surface area contributed by atoms with Crippen LogP contribution in [0.15, 0.2) is 41.9 Å². The third-order valence-electron chi connectivity index (χ3n) is 5.02. The van der Waals surface area contributed by atoms with Crippen LogP contribution in [0.25, 0.3) is 0 Å². The maximum atomic E-state index is 13.4. The van der Waals surface area contributed by atoms with E-state index in [9.17, 15) is 9.90 Å². The average Bonchev–Trinajstić information content (AvgIpc) is 3.09. The molecular formula is C18H22N6O2. The van der Waals surface area contributed by atoms with Gasteiger partial charge in [0.1, 0.15) is 18.1 Å². The molecule has 1 amide bonds. The Labute approximate surface area is 151 Å². The first-order chi connectivity index (χ1) is 12.5. The van der Waals surface area contributed by atoms with E-state index in [0.717, 1.165) is 24.4 Å². The molecule has 2 N–H and O–H groups in total. The lowest BCUT2D eigenvalue weighted by Gasteiger charge is -2.36. The second kappa shape index (κ2) is 6.45.